The van der Waals surface area contributed by atoms with Crippen molar-refractivity contribution >= 4 is 46.8 Å². The molecule has 0 radical (unpaired) electrons. The van der Waals surface area contributed by atoms with E-state index in [1.165, 1.54) is 28.8 Å². The number of carboxylic acids is 1. The molecule has 1 atom stereocenters. The van der Waals surface area contributed by atoms with Gasteiger partial charge in [0.05, 0.1) is 5.88 Å². The van der Waals surface area contributed by atoms with Crippen LogP contribution in [0.5, 0.6) is 0 Å². The van der Waals surface area contributed by atoms with Crippen LogP contribution in [0.3, 0.4) is 0 Å². The van der Waals surface area contributed by atoms with Gasteiger partial charge in [0, 0.05) is 11.3 Å². The summed E-state index contributed by atoms with van der Waals surface area (Å²) in [5, 5.41) is 9.22. The monoisotopic (exact) mass is 306 g/mol. The number of hydrogen-bond donors (Lipinski definition) is 1. The van der Waals surface area contributed by atoms with E-state index in [1.54, 1.807) is 0 Å². The summed E-state index contributed by atoms with van der Waals surface area (Å²) in [6.07, 6.45) is 0. The number of carbonyl (C=O) groups excluding carboxylic acids is 1. The Hall–Kier alpha value is -0.980. The first-order valence-electron chi connectivity index (χ1n) is 4.93. The zero-order valence-electron chi connectivity index (χ0n) is 8.97. The number of pyridine rings is 1. The van der Waals surface area contributed by atoms with Crippen molar-refractivity contribution in [2.75, 3.05) is 11.6 Å². The molecule has 1 aliphatic heterocycles. The number of aliphatic carboxylic acids is 1. The molecule has 0 bridgehead atoms. The summed E-state index contributed by atoms with van der Waals surface area (Å²) in [7, 11) is 0. The summed E-state index contributed by atoms with van der Waals surface area (Å²) in [4.78, 5) is 28.2. The standard InChI is InChI=1S/C10H8Cl2N2O3S/c11-7-1-5(2-8(12)13-7)9(15)14-4-18-3-6(14)10(16)17/h1-2,6H,3-4H2,(H,16,17)/t6-/m0/s1. The summed E-state index contributed by atoms with van der Waals surface area (Å²) < 4.78 is 0. The second-order valence-electron chi connectivity index (χ2n) is 3.63. The summed E-state index contributed by atoms with van der Waals surface area (Å²) >= 11 is 12.8. The van der Waals surface area contributed by atoms with Crippen LogP contribution in [0, 0.1) is 0 Å². The molecule has 18 heavy (non-hydrogen) atoms. The van der Waals surface area contributed by atoms with Gasteiger partial charge in [-0.15, -0.1) is 11.8 Å². The minimum atomic E-state index is -1.01. The molecule has 0 aliphatic carbocycles. The van der Waals surface area contributed by atoms with E-state index in [9.17, 15) is 9.59 Å². The highest BCUT2D eigenvalue weighted by Crippen LogP contribution is 2.24. The smallest absolute Gasteiger partial charge is 0.327 e. The quantitative estimate of drug-likeness (QED) is 0.846. The van der Waals surface area contributed by atoms with Crippen LogP contribution in [0.1, 0.15) is 10.4 Å². The largest absolute Gasteiger partial charge is 0.480 e. The third-order valence-electron chi connectivity index (χ3n) is 2.44. The summed E-state index contributed by atoms with van der Waals surface area (Å²) in [5.41, 5.74) is 0.244. The van der Waals surface area contributed by atoms with Gasteiger partial charge in [-0.3, -0.25) is 4.79 Å². The topological polar surface area (TPSA) is 70.5 Å². The molecule has 0 aromatic carbocycles. The van der Waals surface area contributed by atoms with E-state index in [2.05, 4.69) is 4.98 Å². The molecular weight excluding hydrogens is 299 g/mol. The maximum absolute atomic E-state index is 12.2. The first-order chi connectivity index (χ1) is 8.49. The van der Waals surface area contributed by atoms with E-state index in [0.717, 1.165) is 0 Å². The maximum atomic E-state index is 12.2. The van der Waals surface area contributed by atoms with Crippen molar-refractivity contribution in [2.45, 2.75) is 6.04 Å². The molecule has 5 nitrogen and oxygen atoms in total. The third-order valence-corrected chi connectivity index (χ3v) is 3.84. The molecule has 0 saturated carbocycles. The van der Waals surface area contributed by atoms with E-state index in [0.29, 0.717) is 11.6 Å². The molecule has 96 valence electrons. The second kappa shape index (κ2) is 5.34. The Morgan fingerprint density at radius 2 is 2.00 bits per heavy atom. The van der Waals surface area contributed by atoms with E-state index in [-0.39, 0.29) is 15.9 Å². The molecule has 1 aliphatic rings. The minimum absolute atomic E-state index is 0.101. The fraction of sp³-hybridized carbons (Fsp3) is 0.300. The van der Waals surface area contributed by atoms with Crippen LogP contribution in [-0.2, 0) is 4.79 Å². The predicted molar refractivity (Wildman–Crippen MR) is 69.2 cm³/mol. The van der Waals surface area contributed by atoms with E-state index < -0.39 is 17.9 Å². The van der Waals surface area contributed by atoms with Gasteiger partial charge in [0.2, 0.25) is 0 Å². The van der Waals surface area contributed by atoms with Crippen molar-refractivity contribution in [2.24, 2.45) is 0 Å². The first kappa shape index (κ1) is 13.5. The summed E-state index contributed by atoms with van der Waals surface area (Å²) in [6, 6.07) is 1.93. The highest BCUT2D eigenvalue weighted by atomic mass is 35.5. The Morgan fingerprint density at radius 1 is 1.39 bits per heavy atom. The Bertz CT molecular complexity index is 492. The predicted octanol–water partition coefficient (Wildman–Crippen LogP) is 1.99. The molecule has 1 N–H and O–H groups in total. The van der Waals surface area contributed by atoms with Crippen LogP contribution < -0.4 is 0 Å². The zero-order chi connectivity index (χ0) is 13.3. The lowest BCUT2D eigenvalue weighted by Crippen LogP contribution is -2.41. The Morgan fingerprint density at radius 3 is 2.56 bits per heavy atom. The Kier molecular flexibility index (Phi) is 3.99. The van der Waals surface area contributed by atoms with Crippen molar-refractivity contribution in [1.29, 1.82) is 0 Å². The number of carboxylic acid groups (broad SMARTS) is 1. The highest BCUT2D eigenvalue weighted by Gasteiger charge is 2.35. The van der Waals surface area contributed by atoms with E-state index >= 15 is 0 Å². The van der Waals surface area contributed by atoms with Crippen molar-refractivity contribution in [3.63, 3.8) is 0 Å². The number of thioether (sulfide) groups is 1. The number of amides is 1. The molecule has 1 fully saturated rings. The van der Waals surface area contributed by atoms with Gasteiger partial charge in [-0.1, -0.05) is 23.2 Å². The van der Waals surface area contributed by atoms with Crippen molar-refractivity contribution in [3.8, 4) is 0 Å². The molecule has 2 rings (SSSR count). The van der Waals surface area contributed by atoms with Gasteiger partial charge in [-0.25, -0.2) is 9.78 Å². The Balaban J connectivity index is 2.28. The van der Waals surface area contributed by atoms with Crippen molar-refractivity contribution in [3.05, 3.63) is 28.0 Å². The fourth-order valence-electron chi connectivity index (χ4n) is 1.60. The molecule has 1 aromatic heterocycles. The van der Waals surface area contributed by atoms with Gasteiger partial charge in [0.25, 0.3) is 5.91 Å². The molecule has 1 saturated heterocycles. The molecule has 0 spiro atoms. The lowest BCUT2D eigenvalue weighted by molar-refractivity contribution is -0.140. The Labute approximate surface area is 117 Å². The highest BCUT2D eigenvalue weighted by molar-refractivity contribution is 7.99. The van der Waals surface area contributed by atoms with Gasteiger partial charge < -0.3 is 10.0 Å². The molecular formula is C10H8Cl2N2O3S. The average Bonchev–Trinajstić information content (AvgIpc) is 2.75. The molecule has 2 heterocycles. The SMILES string of the molecule is O=C(O)[C@@H]1CSCN1C(=O)c1cc(Cl)nc(Cl)c1. The molecule has 1 amide bonds. The zero-order valence-corrected chi connectivity index (χ0v) is 11.3. The van der Waals surface area contributed by atoms with Gasteiger partial charge in [0.15, 0.2) is 0 Å². The van der Waals surface area contributed by atoms with Crippen LogP contribution in [0.25, 0.3) is 0 Å². The van der Waals surface area contributed by atoms with Gasteiger partial charge in [-0.2, -0.15) is 0 Å². The third kappa shape index (κ3) is 2.71. The number of nitrogens with zero attached hydrogens (tertiary/aromatic N) is 2. The van der Waals surface area contributed by atoms with E-state index in [1.807, 2.05) is 0 Å². The van der Waals surface area contributed by atoms with Crippen LogP contribution >= 0.6 is 35.0 Å². The van der Waals surface area contributed by atoms with Crippen molar-refractivity contribution in [1.82, 2.24) is 9.88 Å². The summed E-state index contributed by atoms with van der Waals surface area (Å²) in [5.74, 6) is -0.695. The molecule has 1 aromatic rings. The lowest BCUT2D eigenvalue weighted by Gasteiger charge is -2.20. The first-order valence-corrected chi connectivity index (χ1v) is 6.84. The number of aromatic nitrogens is 1. The molecule has 8 heteroatoms. The number of hydrogen-bond acceptors (Lipinski definition) is 4. The minimum Gasteiger partial charge on any atom is -0.480 e. The van der Waals surface area contributed by atoms with Gasteiger partial charge >= 0.3 is 5.97 Å². The number of rotatable bonds is 2. The lowest BCUT2D eigenvalue weighted by atomic mass is 10.2. The normalized spacial score (nSPS) is 19.0. The average molecular weight is 307 g/mol. The van der Waals surface area contributed by atoms with E-state index in [4.69, 9.17) is 28.3 Å². The van der Waals surface area contributed by atoms with Gasteiger partial charge in [-0.05, 0) is 12.1 Å². The number of halogens is 2. The second-order valence-corrected chi connectivity index (χ2v) is 5.40. The number of carbonyl (C=O) groups is 2. The fourth-order valence-corrected chi connectivity index (χ4v) is 3.21. The summed E-state index contributed by atoms with van der Waals surface area (Å²) in [6.45, 7) is 0. The van der Waals surface area contributed by atoms with Crippen LogP contribution in [0.2, 0.25) is 10.3 Å². The van der Waals surface area contributed by atoms with Crippen LogP contribution in [0.4, 0.5) is 0 Å². The van der Waals surface area contributed by atoms with Crippen molar-refractivity contribution < 1.29 is 14.7 Å². The van der Waals surface area contributed by atoms with Crippen LogP contribution in [-0.4, -0.2) is 44.5 Å². The molecule has 0 unspecified atom stereocenters. The maximum Gasteiger partial charge on any atom is 0.327 e. The van der Waals surface area contributed by atoms with Crippen LogP contribution in [0.15, 0.2) is 12.1 Å². The van der Waals surface area contributed by atoms with Gasteiger partial charge in [0.1, 0.15) is 16.3 Å².